The van der Waals surface area contributed by atoms with E-state index in [0.29, 0.717) is 11.3 Å². The molecule has 0 aromatic heterocycles. The lowest BCUT2D eigenvalue weighted by Crippen LogP contribution is -2.04. The molecule has 3 nitrogen and oxygen atoms in total. The summed E-state index contributed by atoms with van der Waals surface area (Å²) in [5, 5.41) is 0. The van der Waals surface area contributed by atoms with Gasteiger partial charge in [-0.15, -0.1) is 0 Å². The van der Waals surface area contributed by atoms with Crippen molar-refractivity contribution in [2.24, 2.45) is 5.92 Å². The summed E-state index contributed by atoms with van der Waals surface area (Å²) < 4.78 is 5.55. The van der Waals surface area contributed by atoms with Crippen LogP contribution in [0.5, 0.6) is 0 Å². The number of carbonyl (C=O) groups is 2. The molecule has 0 spiro atoms. The Morgan fingerprint density at radius 2 is 1.70 bits per heavy atom. The molecule has 3 rings (SSSR count). The van der Waals surface area contributed by atoms with Crippen molar-refractivity contribution < 1.29 is 14.3 Å². The minimum Gasteiger partial charge on any atom is -0.422 e. The van der Waals surface area contributed by atoms with Gasteiger partial charge in [0.25, 0.3) is 0 Å². The average molecular weight is 358 g/mol. The number of carbonyl (C=O) groups excluding carboxylic acids is 2. The summed E-state index contributed by atoms with van der Waals surface area (Å²) in [6, 6.07) is 19.5. The SMILES string of the molecule is C[C@@H](C/C=C/C=O)C/C(=C1/C=C(c2ccccc2)OC1=O)c1ccccc1. The summed E-state index contributed by atoms with van der Waals surface area (Å²) in [7, 11) is 0. The van der Waals surface area contributed by atoms with Crippen LogP contribution in [0.2, 0.25) is 0 Å². The van der Waals surface area contributed by atoms with Gasteiger partial charge < -0.3 is 4.74 Å². The van der Waals surface area contributed by atoms with Crippen molar-refractivity contribution in [1.82, 2.24) is 0 Å². The van der Waals surface area contributed by atoms with Crippen molar-refractivity contribution in [2.45, 2.75) is 19.8 Å². The van der Waals surface area contributed by atoms with E-state index < -0.39 is 0 Å². The Labute approximate surface area is 159 Å². The molecule has 0 aliphatic carbocycles. The third-order valence-electron chi connectivity index (χ3n) is 4.51. The zero-order chi connectivity index (χ0) is 19.1. The average Bonchev–Trinajstić information content (AvgIpc) is 3.09. The van der Waals surface area contributed by atoms with Gasteiger partial charge in [-0.05, 0) is 42.0 Å². The van der Waals surface area contributed by atoms with E-state index in [1.54, 1.807) is 0 Å². The largest absolute Gasteiger partial charge is 0.422 e. The summed E-state index contributed by atoms with van der Waals surface area (Å²) in [4.78, 5) is 23.1. The molecule has 0 saturated carbocycles. The Hall–Kier alpha value is -3.20. The lowest BCUT2D eigenvalue weighted by molar-refractivity contribution is -0.130. The van der Waals surface area contributed by atoms with Gasteiger partial charge in [-0.3, -0.25) is 4.79 Å². The third-order valence-corrected chi connectivity index (χ3v) is 4.51. The number of hydrogen-bond donors (Lipinski definition) is 0. The van der Waals surface area contributed by atoms with Gasteiger partial charge in [0.1, 0.15) is 12.0 Å². The van der Waals surface area contributed by atoms with Gasteiger partial charge >= 0.3 is 5.97 Å². The van der Waals surface area contributed by atoms with Crippen molar-refractivity contribution in [3.63, 3.8) is 0 Å². The monoisotopic (exact) mass is 358 g/mol. The van der Waals surface area contributed by atoms with Gasteiger partial charge in [0.15, 0.2) is 0 Å². The smallest absolute Gasteiger partial charge is 0.343 e. The van der Waals surface area contributed by atoms with Crippen molar-refractivity contribution >= 4 is 23.6 Å². The van der Waals surface area contributed by atoms with E-state index in [-0.39, 0.29) is 11.9 Å². The van der Waals surface area contributed by atoms with Crippen LogP contribution >= 0.6 is 0 Å². The van der Waals surface area contributed by atoms with E-state index in [4.69, 9.17) is 4.74 Å². The van der Waals surface area contributed by atoms with Crippen molar-refractivity contribution in [1.29, 1.82) is 0 Å². The summed E-state index contributed by atoms with van der Waals surface area (Å²) in [6.45, 7) is 2.11. The molecule has 0 amide bonds. The number of rotatable bonds is 7. The number of aldehydes is 1. The Balaban J connectivity index is 1.98. The Morgan fingerprint density at radius 3 is 2.37 bits per heavy atom. The molecule has 0 bridgehead atoms. The molecule has 27 heavy (non-hydrogen) atoms. The Morgan fingerprint density at radius 1 is 1.04 bits per heavy atom. The molecule has 1 atom stereocenters. The summed E-state index contributed by atoms with van der Waals surface area (Å²) in [5.41, 5.74) is 3.47. The zero-order valence-corrected chi connectivity index (χ0v) is 15.3. The molecule has 2 aromatic rings. The molecule has 0 radical (unpaired) electrons. The lowest BCUT2D eigenvalue weighted by Gasteiger charge is -2.14. The van der Waals surface area contributed by atoms with Crippen LogP contribution < -0.4 is 0 Å². The van der Waals surface area contributed by atoms with Gasteiger partial charge in [-0.1, -0.05) is 73.7 Å². The number of esters is 1. The normalized spacial score (nSPS) is 16.8. The van der Waals surface area contributed by atoms with Crippen LogP contribution in [0.1, 0.15) is 30.9 Å². The second kappa shape index (κ2) is 8.95. The molecule has 2 aromatic carbocycles. The van der Waals surface area contributed by atoms with E-state index in [1.807, 2.05) is 72.8 Å². The summed E-state index contributed by atoms with van der Waals surface area (Å²) >= 11 is 0. The predicted octanol–water partition coefficient (Wildman–Crippen LogP) is 5.21. The van der Waals surface area contributed by atoms with Crippen LogP contribution in [-0.4, -0.2) is 12.3 Å². The van der Waals surface area contributed by atoms with Crippen molar-refractivity contribution in [3.05, 3.63) is 95.6 Å². The van der Waals surface area contributed by atoms with E-state index in [2.05, 4.69) is 6.92 Å². The highest BCUT2D eigenvalue weighted by atomic mass is 16.5. The van der Waals surface area contributed by atoms with E-state index >= 15 is 0 Å². The first kappa shape index (κ1) is 18.6. The highest BCUT2D eigenvalue weighted by molar-refractivity contribution is 6.07. The quantitative estimate of drug-likeness (QED) is 0.388. The van der Waals surface area contributed by atoms with Gasteiger partial charge in [-0.25, -0.2) is 4.79 Å². The first-order valence-corrected chi connectivity index (χ1v) is 9.07. The van der Waals surface area contributed by atoms with Gasteiger partial charge in [0.2, 0.25) is 0 Å². The first-order chi connectivity index (χ1) is 13.2. The number of hydrogen-bond acceptors (Lipinski definition) is 3. The van der Waals surface area contributed by atoms with E-state index in [1.165, 1.54) is 6.08 Å². The minimum absolute atomic E-state index is 0.283. The molecule has 1 heterocycles. The van der Waals surface area contributed by atoms with Gasteiger partial charge in [0, 0.05) is 5.56 Å². The fourth-order valence-corrected chi connectivity index (χ4v) is 3.15. The van der Waals surface area contributed by atoms with Crippen LogP contribution in [0, 0.1) is 5.92 Å². The molecule has 0 unspecified atom stereocenters. The topological polar surface area (TPSA) is 43.4 Å². The molecule has 3 heteroatoms. The number of cyclic esters (lactones) is 1. The van der Waals surface area contributed by atoms with E-state index in [0.717, 1.165) is 35.8 Å². The second-order valence-corrected chi connectivity index (χ2v) is 6.63. The van der Waals surface area contributed by atoms with Crippen molar-refractivity contribution in [3.8, 4) is 0 Å². The molecular formula is C24H22O3. The molecule has 0 saturated heterocycles. The Bertz CT molecular complexity index is 890. The molecule has 1 aliphatic heterocycles. The maximum atomic E-state index is 12.6. The predicted molar refractivity (Wildman–Crippen MR) is 107 cm³/mol. The molecular weight excluding hydrogens is 336 g/mol. The Kier molecular flexibility index (Phi) is 6.16. The van der Waals surface area contributed by atoms with Crippen LogP contribution in [0.3, 0.4) is 0 Å². The maximum absolute atomic E-state index is 12.6. The lowest BCUT2D eigenvalue weighted by atomic mass is 9.89. The highest BCUT2D eigenvalue weighted by Crippen LogP contribution is 2.35. The fraction of sp³-hybridized carbons (Fsp3) is 0.167. The van der Waals surface area contributed by atoms with Crippen LogP contribution in [0.25, 0.3) is 11.3 Å². The molecule has 136 valence electrons. The fourth-order valence-electron chi connectivity index (χ4n) is 3.15. The molecule has 1 aliphatic rings. The third kappa shape index (κ3) is 4.70. The van der Waals surface area contributed by atoms with Gasteiger partial charge in [-0.2, -0.15) is 0 Å². The standard InChI is InChI=1S/C24H22O3/c1-18(10-8-9-15-25)16-21(19-11-4-2-5-12-19)22-17-23(27-24(22)26)20-13-6-3-7-14-20/h2-9,11-15,17-18H,10,16H2,1H3/b9-8+,22-21+/t18-/m0/s1. The van der Waals surface area contributed by atoms with E-state index in [9.17, 15) is 9.59 Å². The maximum Gasteiger partial charge on any atom is 0.343 e. The summed E-state index contributed by atoms with van der Waals surface area (Å²) in [5.74, 6) is 0.548. The summed E-state index contributed by atoms with van der Waals surface area (Å²) in [6.07, 6.45) is 7.50. The first-order valence-electron chi connectivity index (χ1n) is 9.07. The van der Waals surface area contributed by atoms with Crippen LogP contribution in [-0.2, 0) is 14.3 Å². The van der Waals surface area contributed by atoms with Crippen molar-refractivity contribution in [2.75, 3.05) is 0 Å². The highest BCUT2D eigenvalue weighted by Gasteiger charge is 2.26. The van der Waals surface area contributed by atoms with Crippen LogP contribution in [0.4, 0.5) is 0 Å². The molecule has 0 fully saturated rings. The number of allylic oxidation sites excluding steroid dienone is 3. The van der Waals surface area contributed by atoms with Crippen LogP contribution in [0.15, 0.2) is 84.5 Å². The number of ether oxygens (including phenoxy) is 1. The van der Waals surface area contributed by atoms with Gasteiger partial charge in [0.05, 0.1) is 5.57 Å². The zero-order valence-electron chi connectivity index (χ0n) is 15.3. The number of benzene rings is 2. The minimum atomic E-state index is -0.316. The molecule has 0 N–H and O–H groups in total. The second-order valence-electron chi connectivity index (χ2n) is 6.63.